The Morgan fingerprint density at radius 3 is 2.54 bits per heavy atom. The van der Waals surface area contributed by atoms with Gasteiger partial charge in [-0.3, -0.25) is 15.1 Å². The van der Waals surface area contributed by atoms with Crippen molar-refractivity contribution in [3.63, 3.8) is 0 Å². The van der Waals surface area contributed by atoms with Crippen LogP contribution in [0.3, 0.4) is 0 Å². The number of amides is 1. The zero-order valence-corrected chi connectivity index (χ0v) is 15.2. The normalized spacial score (nSPS) is 12.2. The van der Waals surface area contributed by atoms with Crippen molar-refractivity contribution in [3.8, 4) is 0 Å². The predicted molar refractivity (Wildman–Crippen MR) is 99.9 cm³/mol. The lowest BCUT2D eigenvalue weighted by Gasteiger charge is -2.18. The molecule has 3 aromatic rings. The van der Waals surface area contributed by atoms with Gasteiger partial charge < -0.3 is 10.4 Å². The third-order valence-corrected chi connectivity index (χ3v) is 4.33. The average molecular weight is 348 g/mol. The Bertz CT molecular complexity index is 856. The standard InChI is InChI=1S/C20H23N5O/c1-13(2)16-7-9-17(10-8-16)21-20(26)18(19-22-24-25-23-19)12-15-6-4-5-14(3)11-15/h4-11,13,18H,12H2,1-3H3,(H2,21,22,23,24,25,26)/p-1/t18-/m1/s1. The molecule has 3 rings (SSSR count). The van der Waals surface area contributed by atoms with Gasteiger partial charge in [0.1, 0.15) is 0 Å². The molecule has 0 saturated heterocycles. The van der Waals surface area contributed by atoms with Crippen molar-refractivity contribution < 1.29 is 4.79 Å². The van der Waals surface area contributed by atoms with E-state index >= 15 is 0 Å². The van der Waals surface area contributed by atoms with Crippen LogP contribution >= 0.6 is 0 Å². The smallest absolute Gasteiger partial charge is 0.232 e. The lowest BCUT2D eigenvalue weighted by Crippen LogP contribution is -2.24. The molecule has 0 unspecified atom stereocenters. The number of rotatable bonds is 6. The van der Waals surface area contributed by atoms with Gasteiger partial charge in [0.05, 0.1) is 5.92 Å². The van der Waals surface area contributed by atoms with Crippen LogP contribution in [0.1, 0.15) is 48.2 Å². The Labute approximate surface area is 153 Å². The van der Waals surface area contributed by atoms with E-state index in [2.05, 4.69) is 45.9 Å². The fourth-order valence-corrected chi connectivity index (χ4v) is 2.85. The third kappa shape index (κ3) is 4.33. The molecule has 134 valence electrons. The number of aromatic nitrogens is 4. The summed E-state index contributed by atoms with van der Waals surface area (Å²) in [5.41, 5.74) is 4.17. The number of carbonyl (C=O) groups excluding carboxylic acids is 1. The van der Waals surface area contributed by atoms with E-state index in [1.165, 1.54) is 5.56 Å². The van der Waals surface area contributed by atoms with E-state index < -0.39 is 5.92 Å². The molecule has 0 aliphatic carbocycles. The molecule has 26 heavy (non-hydrogen) atoms. The molecule has 6 heteroatoms. The lowest BCUT2D eigenvalue weighted by molar-refractivity contribution is -0.117. The maximum Gasteiger partial charge on any atom is 0.232 e. The van der Waals surface area contributed by atoms with Crippen molar-refractivity contribution in [2.24, 2.45) is 0 Å². The predicted octanol–water partition coefficient (Wildman–Crippen LogP) is 3.23. The SMILES string of the molecule is Cc1cccc(C[C@@H](C(=O)Nc2ccc(C(C)C)cc2)c2nnn[n-]2)c1. The van der Waals surface area contributed by atoms with Gasteiger partial charge in [-0.2, -0.15) is 5.21 Å². The molecular formula is C20H22N5O-. The summed E-state index contributed by atoms with van der Waals surface area (Å²) >= 11 is 0. The molecular weight excluding hydrogens is 326 g/mol. The van der Waals surface area contributed by atoms with E-state index in [0.29, 0.717) is 18.2 Å². The molecule has 1 heterocycles. The van der Waals surface area contributed by atoms with Crippen molar-refractivity contribution in [2.45, 2.75) is 39.0 Å². The van der Waals surface area contributed by atoms with Gasteiger partial charge in [-0.05, 0) is 42.5 Å². The molecule has 1 atom stereocenters. The average Bonchev–Trinajstić information content (AvgIpc) is 3.14. The lowest BCUT2D eigenvalue weighted by atomic mass is 9.96. The number of anilines is 1. The monoisotopic (exact) mass is 348 g/mol. The summed E-state index contributed by atoms with van der Waals surface area (Å²) in [7, 11) is 0. The molecule has 0 bridgehead atoms. The van der Waals surface area contributed by atoms with E-state index in [1.54, 1.807) is 0 Å². The number of hydrogen-bond donors (Lipinski definition) is 1. The molecule has 0 saturated carbocycles. The first-order valence-electron chi connectivity index (χ1n) is 8.68. The van der Waals surface area contributed by atoms with Gasteiger partial charge in [-0.25, -0.2) is 0 Å². The maximum atomic E-state index is 12.9. The number of nitrogens with zero attached hydrogens (tertiary/aromatic N) is 4. The summed E-state index contributed by atoms with van der Waals surface area (Å²) in [4.78, 5) is 12.9. The van der Waals surface area contributed by atoms with Crippen molar-refractivity contribution >= 4 is 11.6 Å². The summed E-state index contributed by atoms with van der Waals surface area (Å²) in [5, 5.41) is 17.8. The highest BCUT2D eigenvalue weighted by atomic mass is 16.1. The van der Waals surface area contributed by atoms with Crippen LogP contribution in [0, 0.1) is 6.92 Å². The van der Waals surface area contributed by atoms with Gasteiger partial charge in [0, 0.05) is 11.5 Å². The molecule has 1 amide bonds. The highest BCUT2D eigenvalue weighted by Gasteiger charge is 2.21. The minimum absolute atomic E-state index is 0.168. The summed E-state index contributed by atoms with van der Waals surface area (Å²) in [6.07, 6.45) is 0.491. The molecule has 0 fully saturated rings. The van der Waals surface area contributed by atoms with E-state index in [9.17, 15) is 4.79 Å². The zero-order valence-electron chi connectivity index (χ0n) is 15.2. The van der Waals surface area contributed by atoms with Gasteiger partial charge in [-0.15, -0.1) is 0 Å². The topological polar surface area (TPSA) is 81.9 Å². The zero-order chi connectivity index (χ0) is 18.5. The molecule has 0 spiro atoms. The van der Waals surface area contributed by atoms with Crippen LogP contribution in [0.5, 0.6) is 0 Å². The number of tetrazole rings is 1. The van der Waals surface area contributed by atoms with Crippen molar-refractivity contribution in [2.75, 3.05) is 5.32 Å². The summed E-state index contributed by atoms with van der Waals surface area (Å²) in [6, 6.07) is 15.9. The van der Waals surface area contributed by atoms with Gasteiger partial charge in [0.2, 0.25) is 5.91 Å². The Kier molecular flexibility index (Phi) is 5.41. The van der Waals surface area contributed by atoms with Crippen LogP contribution < -0.4 is 10.4 Å². The summed E-state index contributed by atoms with van der Waals surface area (Å²) in [6.45, 7) is 6.30. The summed E-state index contributed by atoms with van der Waals surface area (Å²) < 4.78 is 0. The fraction of sp³-hybridized carbons (Fsp3) is 0.300. The number of nitrogens with one attached hydrogen (secondary N) is 1. The number of hydrogen-bond acceptors (Lipinski definition) is 4. The number of aryl methyl sites for hydroxylation is 1. The van der Waals surface area contributed by atoms with Crippen LogP contribution in [0.15, 0.2) is 48.5 Å². The Morgan fingerprint density at radius 1 is 1.15 bits per heavy atom. The molecule has 0 aliphatic rings. The second kappa shape index (κ2) is 7.91. The van der Waals surface area contributed by atoms with Crippen LogP contribution in [0.4, 0.5) is 5.69 Å². The van der Waals surface area contributed by atoms with Crippen molar-refractivity contribution in [3.05, 3.63) is 71.0 Å². The second-order valence-electron chi connectivity index (χ2n) is 6.75. The van der Waals surface area contributed by atoms with E-state index in [0.717, 1.165) is 16.8 Å². The second-order valence-corrected chi connectivity index (χ2v) is 6.75. The van der Waals surface area contributed by atoms with E-state index in [-0.39, 0.29) is 5.91 Å². The first-order valence-corrected chi connectivity index (χ1v) is 8.68. The van der Waals surface area contributed by atoms with Crippen LogP contribution in [0.25, 0.3) is 0 Å². The van der Waals surface area contributed by atoms with E-state index in [4.69, 9.17) is 0 Å². The van der Waals surface area contributed by atoms with Gasteiger partial charge >= 0.3 is 0 Å². The number of benzene rings is 2. The fourth-order valence-electron chi connectivity index (χ4n) is 2.85. The van der Waals surface area contributed by atoms with Crippen molar-refractivity contribution in [1.29, 1.82) is 0 Å². The highest BCUT2D eigenvalue weighted by Crippen LogP contribution is 2.22. The van der Waals surface area contributed by atoms with Crippen LogP contribution in [-0.4, -0.2) is 21.4 Å². The molecule has 1 aromatic heterocycles. The van der Waals surface area contributed by atoms with Crippen molar-refractivity contribution in [1.82, 2.24) is 20.6 Å². The minimum Gasteiger partial charge on any atom is -0.335 e. The van der Waals surface area contributed by atoms with E-state index in [1.807, 2.05) is 49.4 Å². The number of carbonyl (C=O) groups is 1. The summed E-state index contributed by atoms with van der Waals surface area (Å²) in [5.74, 6) is 0.0710. The Balaban J connectivity index is 1.79. The molecule has 0 aliphatic heterocycles. The Hall–Kier alpha value is -3.02. The molecule has 2 aromatic carbocycles. The maximum absolute atomic E-state index is 12.9. The Morgan fingerprint density at radius 2 is 1.92 bits per heavy atom. The van der Waals surface area contributed by atoms with Crippen LogP contribution in [-0.2, 0) is 11.2 Å². The molecule has 1 N–H and O–H groups in total. The molecule has 6 nitrogen and oxygen atoms in total. The molecule has 0 radical (unpaired) electrons. The quantitative estimate of drug-likeness (QED) is 0.739. The minimum atomic E-state index is -0.545. The third-order valence-electron chi connectivity index (χ3n) is 4.33. The largest absolute Gasteiger partial charge is 0.335 e. The first kappa shape index (κ1) is 17.8. The van der Waals surface area contributed by atoms with Gasteiger partial charge in [0.15, 0.2) is 0 Å². The highest BCUT2D eigenvalue weighted by molar-refractivity contribution is 5.95. The van der Waals surface area contributed by atoms with Gasteiger partial charge in [-0.1, -0.05) is 55.8 Å². The van der Waals surface area contributed by atoms with Gasteiger partial charge in [0.25, 0.3) is 0 Å². The first-order chi connectivity index (χ1) is 12.5. The van der Waals surface area contributed by atoms with Crippen LogP contribution in [0.2, 0.25) is 0 Å².